The molecule has 2 rings (SSSR count). The van der Waals surface area contributed by atoms with Crippen molar-refractivity contribution in [2.75, 3.05) is 6.61 Å². The summed E-state index contributed by atoms with van der Waals surface area (Å²) in [5.74, 6) is -2.54. The number of nitrogens with zero attached hydrogens (tertiary/aromatic N) is 1. The third-order valence-corrected chi connectivity index (χ3v) is 4.57. The molecule has 0 bridgehead atoms. The number of primary amides is 1. The van der Waals surface area contributed by atoms with Gasteiger partial charge in [0.05, 0.1) is 30.3 Å². The number of amides is 2. The van der Waals surface area contributed by atoms with Crippen LogP contribution >= 0.6 is 11.8 Å². The number of carboxylic acids is 1. The van der Waals surface area contributed by atoms with Crippen LogP contribution in [-0.2, 0) is 14.3 Å². The van der Waals surface area contributed by atoms with Gasteiger partial charge in [0.1, 0.15) is 5.37 Å². The zero-order valence-electron chi connectivity index (χ0n) is 11.6. The number of hydrogen-bond donors (Lipinski definition) is 2. The predicted molar refractivity (Wildman–Crippen MR) is 65.6 cm³/mol. The fourth-order valence-corrected chi connectivity index (χ4v) is 3.86. The maximum absolute atomic E-state index is 11.8. The molecule has 1 fully saturated rings. The zero-order valence-corrected chi connectivity index (χ0v) is 14.4. The molecule has 3 N–H and O–H groups in total. The van der Waals surface area contributed by atoms with Gasteiger partial charge in [0, 0.05) is 11.3 Å². The molecule has 2 aliphatic rings. The number of nitrogens with two attached hydrogens (primary N) is 1. The number of aliphatic hydroxyl groups excluding tert-OH is 1. The number of carbonyl (C=O) groups excluding carboxylic acids is 3. The largest absolute Gasteiger partial charge is 1.00 e. The normalized spacial score (nSPS) is 24.9. The molecule has 2 heterocycles. The molecule has 0 aromatic carbocycles. The van der Waals surface area contributed by atoms with Gasteiger partial charge in [-0.05, 0) is 6.92 Å². The SMILES string of the molecule is C[C@@H](O)[C@H]1C(=O)N2C(C(=O)[O-])=C(CCOC(N)=O)S[C@H]12.[Na+]. The molecule has 0 spiro atoms. The van der Waals surface area contributed by atoms with Crippen LogP contribution in [0.25, 0.3) is 0 Å². The molecule has 0 aromatic heterocycles. The van der Waals surface area contributed by atoms with E-state index in [2.05, 4.69) is 4.74 Å². The van der Waals surface area contributed by atoms with Crippen molar-refractivity contribution in [3.05, 3.63) is 10.6 Å². The standard InChI is InChI=1S/C11H14N2O6S.Na/c1-4(14)6-8(15)13-7(10(16)17)5(20-9(6)13)2-3-19-11(12)18;/h4,6,9,14H,2-3H2,1H3,(H2,12,18)(H,16,17);/q;+1/p-1/t4-,6+,9-;/m1./s1. The number of carbonyl (C=O) groups is 3. The van der Waals surface area contributed by atoms with Crippen molar-refractivity contribution in [2.45, 2.75) is 24.8 Å². The third kappa shape index (κ3) is 3.37. The van der Waals surface area contributed by atoms with E-state index in [1.54, 1.807) is 0 Å². The smallest absolute Gasteiger partial charge is 0.543 e. The number of aliphatic hydroxyl groups is 1. The maximum Gasteiger partial charge on any atom is 1.00 e. The average Bonchev–Trinajstić information content (AvgIpc) is 2.63. The summed E-state index contributed by atoms with van der Waals surface area (Å²) in [5, 5.41) is 20.2. The van der Waals surface area contributed by atoms with Gasteiger partial charge in [-0.3, -0.25) is 9.69 Å². The van der Waals surface area contributed by atoms with E-state index in [-0.39, 0.29) is 48.3 Å². The molecule has 0 saturated carbocycles. The molecule has 0 aromatic rings. The molecule has 8 nitrogen and oxygen atoms in total. The molecule has 10 heteroatoms. The Morgan fingerprint density at radius 3 is 2.67 bits per heavy atom. The third-order valence-electron chi connectivity index (χ3n) is 3.14. The quantitative estimate of drug-likeness (QED) is 0.384. The summed E-state index contributed by atoms with van der Waals surface area (Å²) in [4.78, 5) is 35.0. The van der Waals surface area contributed by atoms with Crippen LogP contribution in [0.4, 0.5) is 4.79 Å². The van der Waals surface area contributed by atoms with Crippen LogP contribution in [0.1, 0.15) is 13.3 Å². The minimum Gasteiger partial charge on any atom is -0.543 e. The molecular formula is C11H13N2NaO6S. The first-order chi connectivity index (χ1) is 9.34. The minimum absolute atomic E-state index is 0. The average molecular weight is 324 g/mol. The molecule has 0 aliphatic carbocycles. The van der Waals surface area contributed by atoms with Crippen molar-refractivity contribution in [3.8, 4) is 0 Å². The Morgan fingerprint density at radius 2 is 2.19 bits per heavy atom. The van der Waals surface area contributed by atoms with Crippen LogP contribution in [0.3, 0.4) is 0 Å². The van der Waals surface area contributed by atoms with E-state index in [9.17, 15) is 24.6 Å². The number of hydrogen-bond acceptors (Lipinski definition) is 7. The summed E-state index contributed by atoms with van der Waals surface area (Å²) in [5.41, 5.74) is 4.60. The van der Waals surface area contributed by atoms with Gasteiger partial charge >= 0.3 is 35.7 Å². The van der Waals surface area contributed by atoms with Gasteiger partial charge in [-0.25, -0.2) is 4.79 Å². The summed E-state index contributed by atoms with van der Waals surface area (Å²) in [6.07, 6.45) is -1.69. The van der Waals surface area contributed by atoms with Crippen LogP contribution in [0.5, 0.6) is 0 Å². The van der Waals surface area contributed by atoms with Gasteiger partial charge in [-0.1, -0.05) is 0 Å². The first-order valence-electron chi connectivity index (χ1n) is 5.89. The fourth-order valence-electron chi connectivity index (χ4n) is 2.26. The van der Waals surface area contributed by atoms with E-state index in [0.29, 0.717) is 4.91 Å². The number of thioether (sulfide) groups is 1. The van der Waals surface area contributed by atoms with E-state index in [4.69, 9.17) is 5.73 Å². The summed E-state index contributed by atoms with van der Waals surface area (Å²) in [6.45, 7) is 1.40. The molecule has 0 unspecified atom stereocenters. The Hall–Kier alpha value is -0.740. The Kier molecular flexibility index (Phi) is 6.11. The van der Waals surface area contributed by atoms with Crippen LogP contribution in [-0.4, -0.2) is 46.1 Å². The molecule has 2 aliphatic heterocycles. The number of carboxylic acid groups (broad SMARTS) is 1. The molecule has 1 saturated heterocycles. The molecule has 21 heavy (non-hydrogen) atoms. The van der Waals surface area contributed by atoms with E-state index in [1.165, 1.54) is 6.92 Å². The van der Waals surface area contributed by atoms with Crippen molar-refractivity contribution in [3.63, 3.8) is 0 Å². The second kappa shape index (κ2) is 7.01. The summed E-state index contributed by atoms with van der Waals surface area (Å²) in [6, 6.07) is 0. The molecule has 3 atom stereocenters. The van der Waals surface area contributed by atoms with Crippen molar-refractivity contribution in [1.82, 2.24) is 4.90 Å². The van der Waals surface area contributed by atoms with Gasteiger partial charge in [0.15, 0.2) is 0 Å². The Morgan fingerprint density at radius 1 is 1.57 bits per heavy atom. The van der Waals surface area contributed by atoms with Crippen LogP contribution < -0.4 is 40.4 Å². The van der Waals surface area contributed by atoms with Crippen LogP contribution in [0.2, 0.25) is 0 Å². The molecule has 110 valence electrons. The van der Waals surface area contributed by atoms with E-state index >= 15 is 0 Å². The van der Waals surface area contributed by atoms with Gasteiger partial charge in [-0.2, -0.15) is 0 Å². The number of fused-ring (bicyclic) bond motifs is 1. The van der Waals surface area contributed by atoms with Gasteiger partial charge in [0.2, 0.25) is 5.91 Å². The summed E-state index contributed by atoms with van der Waals surface area (Å²) >= 11 is 1.16. The van der Waals surface area contributed by atoms with Crippen molar-refractivity contribution >= 4 is 29.7 Å². The molecule has 0 radical (unpaired) electrons. The minimum atomic E-state index is -1.47. The number of rotatable bonds is 5. The van der Waals surface area contributed by atoms with E-state index in [1.807, 2.05) is 0 Å². The van der Waals surface area contributed by atoms with Crippen molar-refractivity contribution < 1.29 is 58.9 Å². The van der Waals surface area contributed by atoms with E-state index in [0.717, 1.165) is 16.7 Å². The van der Waals surface area contributed by atoms with Crippen molar-refractivity contribution in [2.24, 2.45) is 11.7 Å². The predicted octanol–water partition coefficient (Wildman–Crippen LogP) is -4.65. The Bertz CT molecular complexity index is 509. The second-order valence-corrected chi connectivity index (χ2v) is 5.67. The number of β-lactam (4-membered cyclic amide) rings is 1. The van der Waals surface area contributed by atoms with Crippen LogP contribution in [0, 0.1) is 5.92 Å². The number of ether oxygens (including phenoxy) is 1. The van der Waals surface area contributed by atoms with Gasteiger partial charge in [-0.15, -0.1) is 11.8 Å². The first-order valence-corrected chi connectivity index (χ1v) is 6.77. The molecular weight excluding hydrogens is 311 g/mol. The summed E-state index contributed by atoms with van der Waals surface area (Å²) < 4.78 is 4.55. The van der Waals surface area contributed by atoms with Crippen LogP contribution in [0.15, 0.2) is 10.6 Å². The molecule has 2 amide bonds. The Balaban J connectivity index is 0.00000220. The Labute approximate surface area is 147 Å². The topological polar surface area (TPSA) is 133 Å². The maximum atomic E-state index is 11.8. The summed E-state index contributed by atoms with van der Waals surface area (Å²) in [7, 11) is 0. The van der Waals surface area contributed by atoms with E-state index < -0.39 is 35.4 Å². The van der Waals surface area contributed by atoms with Gasteiger partial charge < -0.3 is 25.5 Å². The van der Waals surface area contributed by atoms with Gasteiger partial charge in [0.25, 0.3) is 0 Å². The number of aliphatic carboxylic acids is 1. The first kappa shape index (κ1) is 18.3. The van der Waals surface area contributed by atoms with Crippen molar-refractivity contribution in [1.29, 1.82) is 0 Å². The fraction of sp³-hybridized carbons (Fsp3) is 0.545. The second-order valence-electron chi connectivity index (χ2n) is 4.46. The monoisotopic (exact) mass is 324 g/mol. The zero-order chi connectivity index (χ0) is 15.0.